The maximum atomic E-state index is 15.3. The van der Waals surface area contributed by atoms with Crippen molar-refractivity contribution < 1.29 is 35.8 Å². The number of nitrogens with zero attached hydrogens (tertiary/aromatic N) is 9. The number of alkyl halides is 5. The Labute approximate surface area is 237 Å². The van der Waals surface area contributed by atoms with E-state index in [1.807, 2.05) is 0 Å². The van der Waals surface area contributed by atoms with Crippen LogP contribution in [0.5, 0.6) is 0 Å². The summed E-state index contributed by atoms with van der Waals surface area (Å²) < 4.78 is 88.4. The molecule has 220 valence electrons. The number of benzene rings is 1. The number of hydrogen-bond acceptors (Lipinski definition) is 7. The fourth-order valence-corrected chi connectivity index (χ4v) is 4.44. The highest BCUT2D eigenvalue weighted by Crippen LogP contribution is 2.35. The van der Waals surface area contributed by atoms with Gasteiger partial charge in [0.25, 0.3) is 0 Å². The van der Waals surface area contributed by atoms with Crippen LogP contribution in [0.4, 0.5) is 26.3 Å². The maximum absolute atomic E-state index is 15.3. The molecule has 1 atom stereocenters. The predicted octanol–water partition coefficient (Wildman–Crippen LogP) is 4.59. The molecule has 0 aliphatic carbocycles. The summed E-state index contributed by atoms with van der Waals surface area (Å²) in [4.78, 5) is 4.13. The molecule has 0 bridgehead atoms. The molecular formula is C24H18ClF6N9O2. The van der Waals surface area contributed by atoms with E-state index in [2.05, 4.69) is 30.2 Å². The molecule has 0 fully saturated rings. The zero-order chi connectivity index (χ0) is 30.2. The van der Waals surface area contributed by atoms with Gasteiger partial charge in [-0.2, -0.15) is 36.9 Å². The van der Waals surface area contributed by atoms with Crippen LogP contribution in [0.25, 0.3) is 28.2 Å². The smallest absolute Gasteiger partial charge is 0.436 e. The van der Waals surface area contributed by atoms with E-state index >= 15 is 4.39 Å². The predicted molar refractivity (Wildman–Crippen MR) is 133 cm³/mol. The van der Waals surface area contributed by atoms with E-state index in [0.29, 0.717) is 27.0 Å². The monoisotopic (exact) mass is 613 g/mol. The van der Waals surface area contributed by atoms with Gasteiger partial charge in [0.2, 0.25) is 5.69 Å². The van der Waals surface area contributed by atoms with Gasteiger partial charge in [-0.25, -0.2) is 18.7 Å². The van der Waals surface area contributed by atoms with Crippen LogP contribution < -0.4 is 4.73 Å². The summed E-state index contributed by atoms with van der Waals surface area (Å²) in [7, 11) is 1.66. The summed E-state index contributed by atoms with van der Waals surface area (Å²) in [5.41, 5.74) is -1.32. The van der Waals surface area contributed by atoms with Crippen molar-refractivity contribution in [1.29, 1.82) is 0 Å². The first-order valence-corrected chi connectivity index (χ1v) is 12.3. The first-order valence-electron chi connectivity index (χ1n) is 11.9. The van der Waals surface area contributed by atoms with Gasteiger partial charge >= 0.3 is 12.8 Å². The van der Waals surface area contributed by atoms with Gasteiger partial charge in [0, 0.05) is 25.7 Å². The molecule has 0 amide bonds. The summed E-state index contributed by atoms with van der Waals surface area (Å²) in [6.07, 6.45) is 0.961. The fraction of sp³-hybridized carbons (Fsp3) is 0.250. The van der Waals surface area contributed by atoms with Gasteiger partial charge in [0.05, 0.1) is 46.4 Å². The third-order valence-electron chi connectivity index (χ3n) is 6.20. The van der Waals surface area contributed by atoms with Crippen molar-refractivity contribution in [1.82, 2.24) is 39.5 Å². The molecule has 0 aliphatic rings. The van der Waals surface area contributed by atoms with Crippen LogP contribution in [-0.4, -0.2) is 52.8 Å². The number of pyridine rings is 1. The molecule has 11 nitrogen and oxygen atoms in total. The number of rotatable bonds is 9. The standard InChI is InChI=1S/C24H18ClF6N9O2/c1-37-22(32-12-34-37)14-8-33-38(9-14)16(6-7-42-23(27)28)17-4-2-13(10-40(17)41)20-18(5-3-15(25)21(20)26)39-11-19(35-36-39)24(29,30)31/h2-5,8-12,16,23H,6-7H2,1H3/t16-/m0/s1. The third kappa shape index (κ3) is 5.78. The van der Waals surface area contributed by atoms with Crippen LogP contribution in [0.3, 0.4) is 0 Å². The molecule has 0 spiro atoms. The summed E-state index contributed by atoms with van der Waals surface area (Å²) in [5.74, 6) is -0.562. The molecule has 5 aromatic rings. The highest BCUT2D eigenvalue weighted by Gasteiger charge is 2.35. The maximum Gasteiger partial charge on any atom is 0.436 e. The van der Waals surface area contributed by atoms with Crippen LogP contribution in [0.2, 0.25) is 5.02 Å². The van der Waals surface area contributed by atoms with E-state index in [-0.39, 0.29) is 34.0 Å². The summed E-state index contributed by atoms with van der Waals surface area (Å²) >= 11 is 5.96. The quantitative estimate of drug-likeness (QED) is 0.136. The minimum atomic E-state index is -4.80. The van der Waals surface area contributed by atoms with Gasteiger partial charge in [-0.05, 0) is 18.2 Å². The molecule has 0 saturated heterocycles. The van der Waals surface area contributed by atoms with Crippen molar-refractivity contribution in [3.8, 4) is 28.2 Å². The molecule has 4 aromatic heterocycles. The molecule has 0 radical (unpaired) electrons. The molecule has 18 heteroatoms. The molecule has 0 saturated carbocycles. The zero-order valence-corrected chi connectivity index (χ0v) is 22.0. The number of ether oxygens (including phenoxy) is 1. The van der Waals surface area contributed by atoms with Crippen LogP contribution >= 0.6 is 11.6 Å². The van der Waals surface area contributed by atoms with Crippen molar-refractivity contribution in [3.63, 3.8) is 0 Å². The average Bonchev–Trinajstić information content (AvgIpc) is 3.69. The topological polar surface area (TPSA) is 115 Å². The molecule has 0 N–H and O–H groups in total. The van der Waals surface area contributed by atoms with E-state index in [9.17, 15) is 27.2 Å². The minimum Gasteiger partial charge on any atom is -0.618 e. The molecule has 0 unspecified atom stereocenters. The second-order valence-electron chi connectivity index (χ2n) is 8.82. The number of hydrogen-bond donors (Lipinski definition) is 0. The van der Waals surface area contributed by atoms with Crippen LogP contribution in [0.1, 0.15) is 23.9 Å². The zero-order valence-electron chi connectivity index (χ0n) is 21.3. The molecular weight excluding hydrogens is 596 g/mol. The normalized spacial score (nSPS) is 12.8. The van der Waals surface area contributed by atoms with Crippen molar-refractivity contribution >= 4 is 11.6 Å². The number of halogens is 7. The number of aryl methyl sites for hydroxylation is 1. The minimum absolute atomic E-state index is 0.0216. The first kappa shape index (κ1) is 29.0. The van der Waals surface area contributed by atoms with Crippen LogP contribution in [-0.2, 0) is 18.0 Å². The van der Waals surface area contributed by atoms with E-state index < -0.39 is 36.9 Å². The van der Waals surface area contributed by atoms with Gasteiger partial charge in [-0.15, -0.1) is 5.10 Å². The Balaban J connectivity index is 1.55. The van der Waals surface area contributed by atoms with Crippen LogP contribution in [0, 0.1) is 11.0 Å². The Bertz CT molecular complexity index is 1720. The summed E-state index contributed by atoms with van der Waals surface area (Å²) in [6.45, 7) is -3.48. The first-order chi connectivity index (χ1) is 19.9. The van der Waals surface area contributed by atoms with Gasteiger partial charge in [-0.3, -0.25) is 4.68 Å². The summed E-state index contributed by atoms with van der Waals surface area (Å²) in [5, 5.41) is 27.7. The lowest BCUT2D eigenvalue weighted by Crippen LogP contribution is -2.36. The molecule has 42 heavy (non-hydrogen) atoms. The van der Waals surface area contributed by atoms with Crippen molar-refractivity contribution in [2.75, 3.05) is 6.61 Å². The fourth-order valence-electron chi connectivity index (χ4n) is 4.28. The molecule has 4 heterocycles. The Kier molecular flexibility index (Phi) is 7.87. The third-order valence-corrected chi connectivity index (χ3v) is 6.50. The number of aromatic nitrogens is 9. The lowest BCUT2D eigenvalue weighted by atomic mass is 10.0. The Hall–Kier alpha value is -4.51. The Morgan fingerprint density at radius 3 is 2.52 bits per heavy atom. The lowest BCUT2D eigenvalue weighted by Gasteiger charge is -2.18. The van der Waals surface area contributed by atoms with Gasteiger partial charge in [0.1, 0.15) is 12.4 Å². The van der Waals surface area contributed by atoms with E-state index in [1.165, 1.54) is 40.1 Å². The Morgan fingerprint density at radius 2 is 1.88 bits per heavy atom. The molecule has 5 rings (SSSR count). The highest BCUT2D eigenvalue weighted by molar-refractivity contribution is 6.31. The van der Waals surface area contributed by atoms with E-state index in [0.717, 1.165) is 12.3 Å². The van der Waals surface area contributed by atoms with Gasteiger partial charge in [-0.1, -0.05) is 16.8 Å². The average molecular weight is 614 g/mol. The second-order valence-corrected chi connectivity index (χ2v) is 9.23. The largest absolute Gasteiger partial charge is 0.618 e. The van der Waals surface area contributed by atoms with Gasteiger partial charge < -0.3 is 9.94 Å². The van der Waals surface area contributed by atoms with Crippen molar-refractivity contribution in [2.24, 2.45) is 7.05 Å². The van der Waals surface area contributed by atoms with Crippen LogP contribution in [0.15, 0.2) is 55.4 Å². The van der Waals surface area contributed by atoms with Crippen molar-refractivity contribution in [3.05, 3.63) is 82.8 Å². The molecule has 1 aromatic carbocycles. The lowest BCUT2D eigenvalue weighted by molar-refractivity contribution is -0.615. The second kappa shape index (κ2) is 11.4. The SMILES string of the molecule is Cn1ncnc1-c1cnn([C@@H](CCOC(F)F)c2ccc(-c3c(-n4cc(C(F)(F)F)nn4)ccc(Cl)c3F)c[n+]2[O-])c1. The van der Waals surface area contributed by atoms with E-state index in [1.54, 1.807) is 13.2 Å². The summed E-state index contributed by atoms with van der Waals surface area (Å²) in [6, 6.07) is 4.06. The molecule has 0 aliphatic heterocycles. The highest BCUT2D eigenvalue weighted by atomic mass is 35.5. The van der Waals surface area contributed by atoms with Gasteiger partial charge in [0.15, 0.2) is 23.5 Å². The van der Waals surface area contributed by atoms with Crippen molar-refractivity contribution in [2.45, 2.75) is 25.3 Å². The van der Waals surface area contributed by atoms with E-state index in [4.69, 9.17) is 11.6 Å². The Morgan fingerprint density at radius 1 is 1.10 bits per heavy atom.